The Morgan fingerprint density at radius 2 is 0.700 bits per heavy atom. The summed E-state index contributed by atoms with van der Waals surface area (Å²) in [6, 6.07) is 21.3. The second-order valence-electron chi connectivity index (χ2n) is 19.3. The maximum Gasteiger partial charge on any atom is 0.261 e. The van der Waals surface area contributed by atoms with Crippen LogP contribution in [0, 0.1) is 0 Å². The van der Waals surface area contributed by atoms with Crippen LogP contribution in [-0.4, -0.2) is 106 Å². The van der Waals surface area contributed by atoms with Gasteiger partial charge in [-0.05, 0) is 48.2 Å². The molecule has 0 unspecified atom stereocenters. The number of aromatic nitrogens is 12. The average Bonchev–Trinajstić information content (AvgIpc) is 4.25. The molecule has 0 spiro atoms. The van der Waals surface area contributed by atoms with Crippen LogP contribution in [0.15, 0.2) is 85.2 Å². The molecule has 0 saturated carbocycles. The predicted octanol–water partition coefficient (Wildman–Crippen LogP) is 8.12. The van der Waals surface area contributed by atoms with Crippen LogP contribution in [0.25, 0.3) is 65.6 Å². The molecule has 2 aliphatic heterocycles. The molecule has 0 fully saturated rings. The summed E-state index contributed by atoms with van der Waals surface area (Å²) in [5, 5.41) is 20.8. The van der Waals surface area contributed by atoms with Crippen LogP contribution in [0.4, 0.5) is 23.8 Å². The summed E-state index contributed by atoms with van der Waals surface area (Å²) in [6.45, 7) is 0.736. The van der Waals surface area contributed by atoms with Crippen molar-refractivity contribution >= 4 is 137 Å². The number of aryl methyl sites for hydroxylation is 2. The topological polar surface area (TPSA) is 318 Å². The number of halogens is 4. The van der Waals surface area contributed by atoms with Gasteiger partial charge in [-0.1, -0.05) is 105 Å². The quantitative estimate of drug-likeness (QED) is 0.0453. The number of carbonyl (C=O) groups excluding carboxylic acids is 4. The summed E-state index contributed by atoms with van der Waals surface area (Å²) < 4.78 is 3.28. The third-order valence-electron chi connectivity index (χ3n) is 14.3. The Labute approximate surface area is 470 Å². The molecule has 0 bridgehead atoms. The highest BCUT2D eigenvalue weighted by Gasteiger charge is 2.39. The third-order valence-corrected chi connectivity index (χ3v) is 15.5. The SMILES string of the molecule is Nc1nc(N)nc(Cc2ccc(-c3cn(CCCN4C(=O)c5cc(Cl)c6c7c(Cl)cc8c9c(cc(Cl)c(c%10c(Cl)cc(c5c6%10)C4=O)c97)C(=O)N(CCCn4cc(-c5ccc(Cc6nc(N)nc(N)n6)cc5)nn4)C8=O)nn3)cc2)n1. The maximum atomic E-state index is 14.5. The minimum Gasteiger partial charge on any atom is -0.368 e. The molecule has 22 nitrogen and oxygen atoms in total. The van der Waals surface area contributed by atoms with Crippen LogP contribution in [0.5, 0.6) is 0 Å². The molecule has 11 aromatic rings. The molecular formula is C54H38Cl4N18O4. The van der Waals surface area contributed by atoms with Crippen molar-refractivity contribution in [3.63, 3.8) is 0 Å². The van der Waals surface area contributed by atoms with Crippen molar-refractivity contribution in [3.05, 3.63) is 150 Å². The summed E-state index contributed by atoms with van der Waals surface area (Å²) in [5.74, 6) is -1.14. The first-order valence-corrected chi connectivity index (χ1v) is 26.3. The lowest BCUT2D eigenvalue weighted by atomic mass is 9.82. The first-order chi connectivity index (χ1) is 38.6. The number of nitrogen functional groups attached to an aromatic ring is 4. The Morgan fingerprint density at radius 1 is 0.388 bits per heavy atom. The van der Waals surface area contributed by atoms with E-state index in [1.54, 1.807) is 21.8 Å². The van der Waals surface area contributed by atoms with Crippen LogP contribution in [-0.2, 0) is 25.9 Å². The van der Waals surface area contributed by atoms with E-state index in [4.69, 9.17) is 69.3 Å². The van der Waals surface area contributed by atoms with Gasteiger partial charge in [0.05, 0.1) is 34.6 Å². The summed E-state index contributed by atoms with van der Waals surface area (Å²) in [4.78, 5) is 84.5. The van der Waals surface area contributed by atoms with Gasteiger partial charge in [0, 0.05) is 113 Å². The molecule has 6 heterocycles. The minimum absolute atomic E-state index is 0.0362. The van der Waals surface area contributed by atoms with Crippen molar-refractivity contribution < 1.29 is 19.2 Å². The fourth-order valence-corrected chi connectivity index (χ4v) is 12.0. The van der Waals surface area contributed by atoms with Crippen molar-refractivity contribution in [1.29, 1.82) is 0 Å². The number of nitrogens with two attached hydrogens (primary N) is 4. The zero-order valence-electron chi connectivity index (χ0n) is 41.5. The van der Waals surface area contributed by atoms with E-state index in [0.717, 1.165) is 22.3 Å². The molecule has 4 amide bonds. The van der Waals surface area contributed by atoms with E-state index in [1.165, 1.54) is 34.1 Å². The van der Waals surface area contributed by atoms with Crippen molar-refractivity contribution in [3.8, 4) is 22.5 Å². The molecule has 396 valence electrons. The minimum atomic E-state index is -0.558. The van der Waals surface area contributed by atoms with Crippen LogP contribution in [0.2, 0.25) is 20.1 Å². The van der Waals surface area contributed by atoms with Gasteiger partial charge in [0.1, 0.15) is 23.0 Å². The Bertz CT molecular complexity index is 4020. The van der Waals surface area contributed by atoms with Crippen LogP contribution in [0.1, 0.15) is 77.0 Å². The number of fused-ring (bicyclic) bond motifs is 2. The lowest BCUT2D eigenvalue weighted by Gasteiger charge is -2.31. The lowest BCUT2D eigenvalue weighted by molar-refractivity contribution is 0.0591. The molecule has 26 heteroatoms. The predicted molar refractivity (Wildman–Crippen MR) is 301 cm³/mol. The van der Waals surface area contributed by atoms with E-state index in [9.17, 15) is 19.2 Å². The number of rotatable bonds is 14. The van der Waals surface area contributed by atoms with E-state index in [-0.39, 0.29) is 79.2 Å². The Hall–Kier alpha value is -9.22. The number of carbonyl (C=O) groups is 4. The molecule has 0 radical (unpaired) electrons. The van der Waals surface area contributed by atoms with E-state index in [1.807, 2.05) is 48.5 Å². The molecule has 0 saturated heterocycles. The summed E-state index contributed by atoms with van der Waals surface area (Å²) in [5.41, 5.74) is 28.3. The zero-order chi connectivity index (χ0) is 55.4. The fourth-order valence-electron chi connectivity index (χ4n) is 10.9. The number of hydrogen-bond donors (Lipinski definition) is 4. The largest absolute Gasteiger partial charge is 0.368 e. The van der Waals surface area contributed by atoms with Gasteiger partial charge in [0.25, 0.3) is 23.6 Å². The van der Waals surface area contributed by atoms with Gasteiger partial charge in [0.2, 0.25) is 23.8 Å². The van der Waals surface area contributed by atoms with Gasteiger partial charge in [-0.3, -0.25) is 38.3 Å². The molecule has 7 aromatic carbocycles. The second-order valence-corrected chi connectivity index (χ2v) is 20.9. The van der Waals surface area contributed by atoms with Crippen molar-refractivity contribution in [2.75, 3.05) is 36.0 Å². The number of imide groups is 2. The molecule has 0 atom stereocenters. The number of anilines is 4. The molecule has 0 aliphatic carbocycles. The van der Waals surface area contributed by atoms with Crippen molar-refractivity contribution in [2.45, 2.75) is 38.8 Å². The molecule has 80 heavy (non-hydrogen) atoms. The maximum absolute atomic E-state index is 14.5. The van der Waals surface area contributed by atoms with E-state index < -0.39 is 23.6 Å². The summed E-state index contributed by atoms with van der Waals surface area (Å²) >= 11 is 28.9. The van der Waals surface area contributed by atoms with Gasteiger partial charge in [0.15, 0.2) is 0 Å². The highest BCUT2D eigenvalue weighted by molar-refractivity contribution is 6.56. The third kappa shape index (κ3) is 8.50. The van der Waals surface area contributed by atoms with Crippen LogP contribution >= 0.6 is 46.4 Å². The second kappa shape index (κ2) is 19.3. The lowest BCUT2D eigenvalue weighted by Crippen LogP contribution is -2.41. The Morgan fingerprint density at radius 3 is 1.01 bits per heavy atom. The first-order valence-electron chi connectivity index (χ1n) is 24.8. The van der Waals surface area contributed by atoms with E-state index >= 15 is 0 Å². The van der Waals surface area contributed by atoms with Crippen molar-refractivity contribution in [1.82, 2.24) is 69.7 Å². The number of hydrogen-bond acceptors (Lipinski definition) is 18. The normalized spacial score (nSPS) is 13.4. The smallest absolute Gasteiger partial charge is 0.261 e. The molecule has 13 rings (SSSR count). The van der Waals surface area contributed by atoms with Crippen LogP contribution in [0.3, 0.4) is 0 Å². The number of benzene rings is 7. The van der Waals surface area contributed by atoms with E-state index in [2.05, 4.69) is 50.5 Å². The zero-order valence-corrected chi connectivity index (χ0v) is 44.5. The van der Waals surface area contributed by atoms with Gasteiger partial charge < -0.3 is 22.9 Å². The van der Waals surface area contributed by atoms with Crippen molar-refractivity contribution in [2.24, 2.45) is 0 Å². The summed E-state index contributed by atoms with van der Waals surface area (Å²) in [6.07, 6.45) is 5.04. The monoisotopic (exact) mass is 1140 g/mol. The molecular weight excluding hydrogens is 1110 g/mol. The van der Waals surface area contributed by atoms with Crippen LogP contribution < -0.4 is 22.9 Å². The average molecular weight is 1140 g/mol. The highest BCUT2D eigenvalue weighted by Crippen LogP contribution is 2.54. The first kappa shape index (κ1) is 50.3. The van der Waals surface area contributed by atoms with Gasteiger partial charge >= 0.3 is 0 Å². The molecule has 8 N–H and O–H groups in total. The number of nitrogens with zero attached hydrogens (tertiary/aromatic N) is 14. The van der Waals surface area contributed by atoms with Gasteiger partial charge in [-0.15, -0.1) is 10.2 Å². The van der Waals surface area contributed by atoms with E-state index in [0.29, 0.717) is 105 Å². The molecule has 4 aromatic heterocycles. The summed E-state index contributed by atoms with van der Waals surface area (Å²) in [7, 11) is 0. The Balaban J connectivity index is 0.734. The fraction of sp³-hybridized carbons (Fsp3) is 0.148. The standard InChI is InChI=1S/C54H38Cl4N18O4/c55-31-17-27-39-28(48(78)75(47(27)77)13-1-11-73-21-35(69-71-73)25-7-3-23(4-8-25)15-37-63-51(59)67-52(60)64-37)18-32(56)42-44-34(58)20-30-40-29(19-33(57)43(46(40)44)41(31)45(39)42)49(79)76(50(30)80)14-2-12-74-22-36(70-72-74)26-9-5-24(6-10-26)16-38-65-53(61)68-54(62)66-38/h3-10,17-22H,1-2,11-16H2,(H4,59,60,63,64,67)(H4,61,62,65,66,68). The van der Waals surface area contributed by atoms with Gasteiger partial charge in [-0.2, -0.15) is 29.9 Å². The number of amides is 4. The molecule has 2 aliphatic rings. The highest BCUT2D eigenvalue weighted by atomic mass is 35.5. The Kier molecular flexibility index (Phi) is 12.1. The van der Waals surface area contributed by atoms with Gasteiger partial charge in [-0.25, -0.2) is 0 Å².